The summed E-state index contributed by atoms with van der Waals surface area (Å²) in [6, 6.07) is 8.31. The highest BCUT2D eigenvalue weighted by atomic mass is 32.2. The summed E-state index contributed by atoms with van der Waals surface area (Å²) in [6.07, 6.45) is 2.15. The van der Waals surface area contributed by atoms with Crippen LogP contribution in [-0.2, 0) is 27.8 Å². The molecule has 0 radical (unpaired) electrons. The first-order chi connectivity index (χ1) is 10.9. The zero-order valence-corrected chi connectivity index (χ0v) is 13.8. The molecule has 3 rings (SSSR count). The molecule has 2 heterocycles. The molecule has 122 valence electrons. The number of fused-ring (bicyclic) bond motifs is 1. The zero-order chi connectivity index (χ0) is 16.6. The lowest BCUT2D eigenvalue weighted by Gasteiger charge is -2.20. The SMILES string of the molecule is CC(=O)N1c2ccc(S(=O)(=O)NCc3ccco3)cc2C[C@@H]1C. The van der Waals surface area contributed by atoms with E-state index in [-0.39, 0.29) is 23.4 Å². The molecule has 1 amide bonds. The van der Waals surface area contributed by atoms with Crippen molar-refractivity contribution < 1.29 is 17.6 Å². The minimum absolute atomic E-state index is 0.0385. The Hall–Kier alpha value is -2.12. The van der Waals surface area contributed by atoms with Crippen molar-refractivity contribution in [3.63, 3.8) is 0 Å². The van der Waals surface area contributed by atoms with E-state index in [1.165, 1.54) is 19.3 Å². The standard InChI is InChI=1S/C16H18N2O4S/c1-11-8-13-9-15(5-6-16(13)18(11)12(2)19)23(20,21)17-10-14-4-3-7-22-14/h3-7,9,11,17H,8,10H2,1-2H3/t11-/m0/s1. The van der Waals surface area contributed by atoms with Crippen LogP contribution in [0.25, 0.3) is 0 Å². The number of sulfonamides is 1. The van der Waals surface area contributed by atoms with Gasteiger partial charge >= 0.3 is 0 Å². The smallest absolute Gasteiger partial charge is 0.240 e. The van der Waals surface area contributed by atoms with Crippen molar-refractivity contribution in [1.29, 1.82) is 0 Å². The number of hydrogen-bond acceptors (Lipinski definition) is 4. The van der Waals surface area contributed by atoms with E-state index >= 15 is 0 Å². The van der Waals surface area contributed by atoms with Crippen molar-refractivity contribution in [2.45, 2.75) is 37.8 Å². The summed E-state index contributed by atoms with van der Waals surface area (Å²) in [4.78, 5) is 13.6. The number of furan rings is 1. The fourth-order valence-electron chi connectivity index (χ4n) is 2.92. The van der Waals surface area contributed by atoms with Crippen LogP contribution in [0.4, 0.5) is 5.69 Å². The molecule has 1 atom stereocenters. The summed E-state index contributed by atoms with van der Waals surface area (Å²) >= 11 is 0. The van der Waals surface area contributed by atoms with Crippen molar-refractivity contribution in [2.75, 3.05) is 4.90 Å². The number of nitrogens with one attached hydrogen (secondary N) is 1. The topological polar surface area (TPSA) is 79.6 Å². The van der Waals surface area contributed by atoms with Crippen LogP contribution in [-0.4, -0.2) is 20.4 Å². The largest absolute Gasteiger partial charge is 0.468 e. The van der Waals surface area contributed by atoms with Gasteiger partial charge in [-0.05, 0) is 49.2 Å². The number of carbonyl (C=O) groups excluding carboxylic acids is 1. The van der Waals surface area contributed by atoms with Crippen LogP contribution in [0.5, 0.6) is 0 Å². The third-order valence-electron chi connectivity index (χ3n) is 3.93. The zero-order valence-electron chi connectivity index (χ0n) is 12.9. The number of amides is 1. The first-order valence-corrected chi connectivity index (χ1v) is 8.81. The molecule has 0 spiro atoms. The van der Waals surface area contributed by atoms with Crippen LogP contribution in [0.1, 0.15) is 25.2 Å². The maximum absolute atomic E-state index is 12.4. The summed E-state index contributed by atoms with van der Waals surface area (Å²) in [5.74, 6) is 0.508. The van der Waals surface area contributed by atoms with Gasteiger partial charge in [0.05, 0.1) is 17.7 Å². The number of hydrogen-bond donors (Lipinski definition) is 1. The van der Waals surface area contributed by atoms with Gasteiger partial charge in [-0.2, -0.15) is 0 Å². The Morgan fingerprint density at radius 2 is 2.17 bits per heavy atom. The van der Waals surface area contributed by atoms with Gasteiger partial charge < -0.3 is 9.32 Å². The monoisotopic (exact) mass is 334 g/mol. The normalized spacial score (nSPS) is 17.3. The lowest BCUT2D eigenvalue weighted by Crippen LogP contribution is -2.33. The molecule has 23 heavy (non-hydrogen) atoms. The maximum atomic E-state index is 12.4. The van der Waals surface area contributed by atoms with E-state index in [2.05, 4.69) is 4.72 Å². The molecular weight excluding hydrogens is 316 g/mol. The third-order valence-corrected chi connectivity index (χ3v) is 5.33. The molecule has 1 aromatic carbocycles. The van der Waals surface area contributed by atoms with E-state index in [0.29, 0.717) is 12.2 Å². The highest BCUT2D eigenvalue weighted by molar-refractivity contribution is 7.89. The summed E-state index contributed by atoms with van der Waals surface area (Å²) in [5, 5.41) is 0. The van der Waals surface area contributed by atoms with E-state index in [1.54, 1.807) is 29.2 Å². The third kappa shape index (κ3) is 3.02. The molecule has 0 aliphatic carbocycles. The van der Waals surface area contributed by atoms with E-state index < -0.39 is 10.0 Å². The van der Waals surface area contributed by atoms with Crippen molar-refractivity contribution >= 4 is 21.6 Å². The Morgan fingerprint density at radius 3 is 2.83 bits per heavy atom. The van der Waals surface area contributed by atoms with Gasteiger partial charge in [-0.25, -0.2) is 13.1 Å². The molecule has 0 bridgehead atoms. The van der Waals surface area contributed by atoms with Crippen LogP contribution in [0.2, 0.25) is 0 Å². The molecule has 7 heteroatoms. The highest BCUT2D eigenvalue weighted by Gasteiger charge is 2.30. The lowest BCUT2D eigenvalue weighted by molar-refractivity contribution is -0.116. The van der Waals surface area contributed by atoms with Crippen molar-refractivity contribution in [2.24, 2.45) is 0 Å². The minimum atomic E-state index is -3.63. The average Bonchev–Trinajstić information content (AvgIpc) is 3.10. The minimum Gasteiger partial charge on any atom is -0.468 e. The van der Waals surface area contributed by atoms with E-state index in [1.807, 2.05) is 6.92 Å². The molecule has 1 N–H and O–H groups in total. The molecule has 2 aromatic rings. The molecule has 0 fully saturated rings. The van der Waals surface area contributed by atoms with E-state index in [0.717, 1.165) is 11.3 Å². The summed E-state index contributed by atoms with van der Waals surface area (Å²) in [6.45, 7) is 3.56. The van der Waals surface area contributed by atoms with Gasteiger partial charge in [0.25, 0.3) is 0 Å². The van der Waals surface area contributed by atoms with Gasteiger partial charge in [0, 0.05) is 18.7 Å². The molecule has 1 aromatic heterocycles. The molecule has 0 saturated heterocycles. The second-order valence-corrected chi connectivity index (χ2v) is 7.40. The predicted molar refractivity (Wildman–Crippen MR) is 85.5 cm³/mol. The number of benzene rings is 1. The van der Waals surface area contributed by atoms with Gasteiger partial charge in [-0.1, -0.05) is 0 Å². The first kappa shape index (κ1) is 15.8. The molecular formula is C16H18N2O4S. The van der Waals surface area contributed by atoms with Crippen molar-refractivity contribution in [1.82, 2.24) is 4.72 Å². The Bertz CT molecular complexity index is 828. The van der Waals surface area contributed by atoms with Crippen LogP contribution >= 0.6 is 0 Å². The Kier molecular flexibility index (Phi) is 3.99. The number of anilines is 1. The molecule has 6 nitrogen and oxygen atoms in total. The Labute approximate surface area is 135 Å². The molecule has 0 saturated carbocycles. The summed E-state index contributed by atoms with van der Waals surface area (Å²) in [5.41, 5.74) is 1.66. The van der Waals surface area contributed by atoms with Crippen LogP contribution in [0, 0.1) is 0 Å². The number of nitrogens with zero attached hydrogens (tertiary/aromatic N) is 1. The van der Waals surface area contributed by atoms with Gasteiger partial charge in [0.2, 0.25) is 15.9 Å². The summed E-state index contributed by atoms with van der Waals surface area (Å²) < 4.78 is 32.4. The fraction of sp³-hybridized carbons (Fsp3) is 0.312. The quantitative estimate of drug-likeness (QED) is 0.928. The van der Waals surface area contributed by atoms with Crippen LogP contribution in [0.15, 0.2) is 45.9 Å². The molecule has 1 aliphatic heterocycles. The second-order valence-electron chi connectivity index (χ2n) is 5.64. The lowest BCUT2D eigenvalue weighted by atomic mass is 10.1. The molecule has 0 unspecified atom stereocenters. The molecule has 1 aliphatic rings. The van der Waals surface area contributed by atoms with Gasteiger partial charge in [0.15, 0.2) is 0 Å². The predicted octanol–water partition coefficient (Wildman–Crippen LogP) is 2.06. The first-order valence-electron chi connectivity index (χ1n) is 7.33. The van der Waals surface area contributed by atoms with Gasteiger partial charge in [0.1, 0.15) is 5.76 Å². The van der Waals surface area contributed by atoms with Gasteiger partial charge in [-0.3, -0.25) is 4.79 Å². The van der Waals surface area contributed by atoms with Crippen LogP contribution < -0.4 is 9.62 Å². The Balaban J connectivity index is 1.84. The maximum Gasteiger partial charge on any atom is 0.240 e. The van der Waals surface area contributed by atoms with E-state index in [4.69, 9.17) is 4.42 Å². The average molecular weight is 334 g/mol. The number of rotatable bonds is 4. The van der Waals surface area contributed by atoms with Crippen LogP contribution in [0.3, 0.4) is 0 Å². The second kappa shape index (κ2) is 5.82. The van der Waals surface area contributed by atoms with E-state index in [9.17, 15) is 13.2 Å². The Morgan fingerprint density at radius 1 is 1.39 bits per heavy atom. The van der Waals surface area contributed by atoms with Crippen molar-refractivity contribution in [3.05, 3.63) is 47.9 Å². The van der Waals surface area contributed by atoms with Gasteiger partial charge in [-0.15, -0.1) is 0 Å². The van der Waals surface area contributed by atoms with Crippen molar-refractivity contribution in [3.8, 4) is 0 Å². The fourth-order valence-corrected chi connectivity index (χ4v) is 3.96. The highest BCUT2D eigenvalue weighted by Crippen LogP contribution is 2.33. The summed E-state index contributed by atoms with van der Waals surface area (Å²) in [7, 11) is -3.63. The number of carbonyl (C=O) groups is 1.